The fourth-order valence-electron chi connectivity index (χ4n) is 2.71. The average Bonchev–Trinajstić information content (AvgIpc) is 2.98. The number of rotatable bonds is 5. The predicted octanol–water partition coefficient (Wildman–Crippen LogP) is 3.29. The van der Waals surface area contributed by atoms with E-state index in [-0.39, 0.29) is 11.3 Å². The second kappa shape index (κ2) is 7.06. The topological polar surface area (TPSA) is 67.8 Å². The molecule has 23 heavy (non-hydrogen) atoms. The molecule has 1 aliphatic heterocycles. The highest BCUT2D eigenvalue weighted by Gasteiger charge is 2.36. The second-order valence-corrected chi connectivity index (χ2v) is 6.52. The Morgan fingerprint density at radius 1 is 1.17 bits per heavy atom. The fourth-order valence-corrected chi connectivity index (χ4v) is 3.80. The van der Waals surface area contributed by atoms with Crippen LogP contribution in [0.2, 0.25) is 0 Å². The molecule has 0 bridgehead atoms. The van der Waals surface area contributed by atoms with E-state index in [0.717, 1.165) is 16.9 Å². The SMILES string of the molecule is CCOc1ccc([C@@H]2SC(N)=N[C@H]2[C@H](O)c2ccccc2)cc1. The van der Waals surface area contributed by atoms with Crippen molar-refractivity contribution in [2.24, 2.45) is 10.7 Å². The molecule has 0 aliphatic carbocycles. The van der Waals surface area contributed by atoms with Crippen molar-refractivity contribution < 1.29 is 9.84 Å². The van der Waals surface area contributed by atoms with Crippen molar-refractivity contribution in [3.05, 3.63) is 65.7 Å². The quantitative estimate of drug-likeness (QED) is 0.884. The Labute approximate surface area is 140 Å². The first-order valence-corrected chi connectivity index (χ1v) is 8.52. The molecular formula is C18H20N2O2S. The van der Waals surface area contributed by atoms with Gasteiger partial charge < -0.3 is 15.6 Å². The van der Waals surface area contributed by atoms with Gasteiger partial charge in [0.15, 0.2) is 5.17 Å². The molecule has 120 valence electrons. The molecule has 1 aliphatic rings. The van der Waals surface area contributed by atoms with Crippen LogP contribution in [0.5, 0.6) is 5.75 Å². The molecule has 0 unspecified atom stereocenters. The highest BCUT2D eigenvalue weighted by atomic mass is 32.2. The third-order valence-electron chi connectivity index (χ3n) is 3.82. The normalized spacial score (nSPS) is 21.7. The number of nitrogens with zero attached hydrogens (tertiary/aromatic N) is 1. The van der Waals surface area contributed by atoms with Gasteiger partial charge >= 0.3 is 0 Å². The van der Waals surface area contributed by atoms with Crippen LogP contribution < -0.4 is 10.5 Å². The minimum absolute atomic E-state index is 0.000817. The van der Waals surface area contributed by atoms with E-state index in [0.29, 0.717) is 11.8 Å². The Bertz CT molecular complexity index is 673. The van der Waals surface area contributed by atoms with E-state index < -0.39 is 6.10 Å². The Morgan fingerprint density at radius 2 is 1.87 bits per heavy atom. The molecule has 0 radical (unpaired) electrons. The lowest BCUT2D eigenvalue weighted by atomic mass is 9.96. The van der Waals surface area contributed by atoms with Gasteiger partial charge in [-0.3, -0.25) is 4.99 Å². The van der Waals surface area contributed by atoms with E-state index in [9.17, 15) is 5.11 Å². The first-order valence-electron chi connectivity index (χ1n) is 7.64. The first kappa shape index (κ1) is 15.9. The number of hydrogen-bond donors (Lipinski definition) is 2. The van der Waals surface area contributed by atoms with E-state index in [2.05, 4.69) is 4.99 Å². The maximum Gasteiger partial charge on any atom is 0.155 e. The van der Waals surface area contributed by atoms with E-state index >= 15 is 0 Å². The van der Waals surface area contributed by atoms with Crippen LogP contribution in [0.25, 0.3) is 0 Å². The number of thioether (sulfide) groups is 1. The van der Waals surface area contributed by atoms with Crippen LogP contribution in [0, 0.1) is 0 Å². The van der Waals surface area contributed by atoms with Crippen molar-refractivity contribution in [3.63, 3.8) is 0 Å². The van der Waals surface area contributed by atoms with Gasteiger partial charge in [0.05, 0.1) is 17.9 Å². The average molecular weight is 328 g/mol. The molecule has 5 heteroatoms. The molecular weight excluding hydrogens is 308 g/mol. The van der Waals surface area contributed by atoms with Crippen LogP contribution in [0.3, 0.4) is 0 Å². The smallest absolute Gasteiger partial charge is 0.155 e. The molecule has 0 aromatic heterocycles. The van der Waals surface area contributed by atoms with Crippen LogP contribution >= 0.6 is 11.8 Å². The Morgan fingerprint density at radius 3 is 2.52 bits per heavy atom. The van der Waals surface area contributed by atoms with Gasteiger partial charge in [0.2, 0.25) is 0 Å². The maximum absolute atomic E-state index is 10.7. The highest BCUT2D eigenvalue weighted by molar-refractivity contribution is 8.14. The van der Waals surface area contributed by atoms with Crippen LogP contribution in [0.1, 0.15) is 29.4 Å². The summed E-state index contributed by atoms with van der Waals surface area (Å²) in [6.45, 7) is 2.60. The van der Waals surface area contributed by atoms with Crippen LogP contribution in [-0.4, -0.2) is 22.9 Å². The minimum Gasteiger partial charge on any atom is -0.494 e. The number of nitrogens with two attached hydrogens (primary N) is 1. The summed E-state index contributed by atoms with van der Waals surface area (Å²) in [5.41, 5.74) is 7.86. The zero-order valence-electron chi connectivity index (χ0n) is 12.9. The molecule has 0 spiro atoms. The van der Waals surface area contributed by atoms with Crippen molar-refractivity contribution >= 4 is 16.9 Å². The standard InChI is InChI=1S/C18H20N2O2S/c1-2-22-14-10-8-13(9-11-14)17-15(20-18(19)23-17)16(21)12-6-4-3-5-7-12/h3-11,15-17,21H,2H2,1H3,(H2,19,20)/t15-,16+,17-/m0/s1. The predicted molar refractivity (Wildman–Crippen MR) is 94.8 cm³/mol. The molecule has 4 nitrogen and oxygen atoms in total. The second-order valence-electron chi connectivity index (χ2n) is 5.35. The molecule has 0 saturated carbocycles. The van der Waals surface area contributed by atoms with Gasteiger partial charge in [-0.1, -0.05) is 54.2 Å². The maximum atomic E-state index is 10.7. The summed E-state index contributed by atoms with van der Waals surface area (Å²) in [4.78, 5) is 4.46. The van der Waals surface area contributed by atoms with Gasteiger partial charge in [0.25, 0.3) is 0 Å². The van der Waals surface area contributed by atoms with Crippen molar-refractivity contribution in [2.45, 2.75) is 24.3 Å². The van der Waals surface area contributed by atoms with Crippen molar-refractivity contribution in [2.75, 3.05) is 6.61 Å². The fraction of sp³-hybridized carbons (Fsp3) is 0.278. The molecule has 0 amide bonds. The lowest BCUT2D eigenvalue weighted by Gasteiger charge is -2.23. The molecule has 2 aromatic rings. The van der Waals surface area contributed by atoms with Crippen LogP contribution in [-0.2, 0) is 0 Å². The van der Waals surface area contributed by atoms with Crippen LogP contribution in [0.15, 0.2) is 59.6 Å². The van der Waals surface area contributed by atoms with Crippen LogP contribution in [0.4, 0.5) is 0 Å². The van der Waals surface area contributed by atoms with E-state index in [1.54, 1.807) is 0 Å². The summed E-state index contributed by atoms with van der Waals surface area (Å²) in [6.07, 6.45) is -0.679. The third kappa shape index (κ3) is 3.51. The Balaban J connectivity index is 1.83. The summed E-state index contributed by atoms with van der Waals surface area (Å²) in [5, 5.41) is 11.2. The molecule has 3 atom stereocenters. The summed E-state index contributed by atoms with van der Waals surface area (Å²) >= 11 is 1.50. The monoisotopic (exact) mass is 328 g/mol. The van der Waals surface area contributed by atoms with Crippen molar-refractivity contribution in [1.29, 1.82) is 0 Å². The molecule has 2 aromatic carbocycles. The van der Waals surface area contributed by atoms with Gasteiger partial charge in [-0.25, -0.2) is 0 Å². The number of ether oxygens (including phenoxy) is 1. The molecule has 1 heterocycles. The largest absolute Gasteiger partial charge is 0.494 e. The van der Waals surface area contributed by atoms with Crippen molar-refractivity contribution in [3.8, 4) is 5.75 Å². The first-order chi connectivity index (χ1) is 11.2. The molecule has 0 saturated heterocycles. The summed E-state index contributed by atoms with van der Waals surface area (Å²) < 4.78 is 5.48. The number of hydrogen-bond acceptors (Lipinski definition) is 5. The summed E-state index contributed by atoms with van der Waals surface area (Å²) in [6, 6.07) is 17.2. The molecule has 0 fully saturated rings. The zero-order valence-corrected chi connectivity index (χ0v) is 13.7. The Kier molecular flexibility index (Phi) is 4.88. The lowest BCUT2D eigenvalue weighted by molar-refractivity contribution is 0.147. The minimum atomic E-state index is -0.679. The molecule has 3 rings (SSSR count). The van der Waals surface area contributed by atoms with E-state index in [1.807, 2.05) is 61.5 Å². The van der Waals surface area contributed by atoms with Crippen molar-refractivity contribution in [1.82, 2.24) is 0 Å². The highest BCUT2D eigenvalue weighted by Crippen LogP contribution is 2.44. The van der Waals surface area contributed by atoms with Gasteiger partial charge in [-0.2, -0.15) is 0 Å². The number of aliphatic hydroxyl groups is 1. The van der Waals surface area contributed by atoms with E-state index in [1.165, 1.54) is 11.8 Å². The summed E-state index contributed by atoms with van der Waals surface area (Å²) in [7, 11) is 0. The van der Waals surface area contributed by atoms with Gasteiger partial charge in [0.1, 0.15) is 11.9 Å². The van der Waals surface area contributed by atoms with E-state index in [4.69, 9.17) is 10.5 Å². The van der Waals surface area contributed by atoms with Gasteiger partial charge in [-0.15, -0.1) is 0 Å². The summed E-state index contributed by atoms with van der Waals surface area (Å²) in [5.74, 6) is 0.841. The zero-order chi connectivity index (χ0) is 16.2. The van der Waals surface area contributed by atoms with Gasteiger partial charge in [0, 0.05) is 0 Å². The number of aliphatic imine (C=N–C) groups is 1. The Hall–Kier alpha value is -1.98. The number of aliphatic hydroxyl groups excluding tert-OH is 1. The molecule has 3 N–H and O–H groups in total. The lowest BCUT2D eigenvalue weighted by Crippen LogP contribution is -2.20. The number of benzene rings is 2. The third-order valence-corrected chi connectivity index (χ3v) is 4.97. The number of amidine groups is 1. The van der Waals surface area contributed by atoms with Gasteiger partial charge in [-0.05, 0) is 30.2 Å².